The third kappa shape index (κ3) is 4.09. The molecule has 0 spiro atoms. The number of hydrogen-bond acceptors (Lipinski definition) is 4. The highest BCUT2D eigenvalue weighted by molar-refractivity contribution is 7.98. The molecular formula is C14H16Cl2N2OS. The van der Waals surface area contributed by atoms with Gasteiger partial charge in [0, 0.05) is 0 Å². The molecule has 1 N–H and O–H groups in total. The van der Waals surface area contributed by atoms with Crippen LogP contribution in [0.4, 0.5) is 0 Å². The van der Waals surface area contributed by atoms with Crippen LogP contribution in [0.2, 0.25) is 10.3 Å². The molecule has 3 nitrogen and oxygen atoms in total. The summed E-state index contributed by atoms with van der Waals surface area (Å²) in [7, 11) is 0. The molecule has 0 saturated heterocycles. The van der Waals surface area contributed by atoms with Gasteiger partial charge in [0.25, 0.3) is 0 Å². The molecule has 1 atom stereocenters. The van der Waals surface area contributed by atoms with Crippen molar-refractivity contribution in [2.45, 2.75) is 25.1 Å². The highest BCUT2D eigenvalue weighted by atomic mass is 35.5. The molecule has 0 radical (unpaired) electrons. The molecule has 2 aromatic rings. The van der Waals surface area contributed by atoms with Crippen LogP contribution in [0.15, 0.2) is 35.5 Å². The van der Waals surface area contributed by atoms with Crippen molar-refractivity contribution in [2.75, 3.05) is 6.26 Å². The summed E-state index contributed by atoms with van der Waals surface area (Å²) in [4.78, 5) is 8.14. The van der Waals surface area contributed by atoms with Crippen LogP contribution in [0.5, 0.6) is 0 Å². The van der Waals surface area contributed by atoms with Crippen molar-refractivity contribution in [3.8, 4) is 0 Å². The summed E-state index contributed by atoms with van der Waals surface area (Å²) in [5.74, 6) is 0. The zero-order chi connectivity index (χ0) is 15.1. The lowest BCUT2D eigenvalue weighted by molar-refractivity contribution is 0.219. The fraction of sp³-hybridized carbons (Fsp3) is 0.286. The van der Waals surface area contributed by atoms with Gasteiger partial charge in [-0.25, -0.2) is 9.97 Å². The lowest BCUT2D eigenvalue weighted by Gasteiger charge is -2.14. The van der Waals surface area contributed by atoms with Gasteiger partial charge < -0.3 is 5.11 Å². The van der Waals surface area contributed by atoms with E-state index in [9.17, 15) is 5.11 Å². The van der Waals surface area contributed by atoms with Gasteiger partial charge in [-0.2, -0.15) is 0 Å². The van der Waals surface area contributed by atoms with Gasteiger partial charge in [-0.1, -0.05) is 79.1 Å². The molecule has 1 unspecified atom stereocenters. The van der Waals surface area contributed by atoms with E-state index in [1.54, 1.807) is 12.1 Å². The Morgan fingerprint density at radius 2 is 1.55 bits per heavy atom. The van der Waals surface area contributed by atoms with Gasteiger partial charge >= 0.3 is 0 Å². The first kappa shape index (κ1) is 17.2. The summed E-state index contributed by atoms with van der Waals surface area (Å²) in [6, 6.07) is 9.11. The number of thioether (sulfide) groups is 1. The van der Waals surface area contributed by atoms with Gasteiger partial charge in [0.15, 0.2) is 5.16 Å². The number of nitrogens with zero attached hydrogens (tertiary/aromatic N) is 2. The highest BCUT2D eigenvalue weighted by Gasteiger charge is 2.20. The summed E-state index contributed by atoms with van der Waals surface area (Å²) in [6.07, 6.45) is 0.900. The van der Waals surface area contributed by atoms with Crippen LogP contribution in [0.3, 0.4) is 0 Å². The summed E-state index contributed by atoms with van der Waals surface area (Å²) < 4.78 is 0. The Labute approximate surface area is 133 Å². The largest absolute Gasteiger partial charge is 0.383 e. The van der Waals surface area contributed by atoms with Crippen LogP contribution in [0, 0.1) is 0 Å². The standard InChI is InChI=1S/C12H10Cl2N2OS.C2H6/c1-18-12-15-10(13)8(11(14)16-12)9(17)7-5-3-2-4-6-7;1-2/h2-6,9,17H,1H3;1-2H3. The van der Waals surface area contributed by atoms with Crippen LogP contribution < -0.4 is 0 Å². The van der Waals surface area contributed by atoms with E-state index in [2.05, 4.69) is 9.97 Å². The Kier molecular flexibility index (Phi) is 7.30. The third-order valence-corrected chi connectivity index (χ3v) is 3.53. The smallest absolute Gasteiger partial charge is 0.190 e. The molecule has 2 rings (SSSR count). The fourth-order valence-corrected chi connectivity index (χ4v) is 2.58. The minimum Gasteiger partial charge on any atom is -0.383 e. The molecule has 1 heterocycles. The highest BCUT2D eigenvalue weighted by Crippen LogP contribution is 2.33. The first-order valence-corrected chi connectivity index (χ1v) is 8.11. The van der Waals surface area contributed by atoms with Gasteiger partial charge in [-0.05, 0) is 11.8 Å². The molecular weight excluding hydrogens is 315 g/mol. The Hall–Kier alpha value is -0.810. The average molecular weight is 331 g/mol. The molecule has 1 aromatic heterocycles. The summed E-state index contributed by atoms with van der Waals surface area (Å²) in [5, 5.41) is 11.1. The number of rotatable bonds is 3. The van der Waals surface area contributed by atoms with Crippen LogP contribution in [0.1, 0.15) is 31.1 Å². The van der Waals surface area contributed by atoms with Crippen molar-refractivity contribution < 1.29 is 5.11 Å². The molecule has 0 fully saturated rings. The zero-order valence-electron chi connectivity index (χ0n) is 11.5. The van der Waals surface area contributed by atoms with Crippen molar-refractivity contribution in [3.63, 3.8) is 0 Å². The van der Waals surface area contributed by atoms with E-state index in [0.717, 1.165) is 0 Å². The second-order valence-corrected chi connectivity index (χ2v) is 5.01. The molecule has 108 valence electrons. The average Bonchev–Trinajstić information content (AvgIpc) is 2.49. The lowest BCUT2D eigenvalue weighted by Crippen LogP contribution is -2.05. The summed E-state index contributed by atoms with van der Waals surface area (Å²) in [6.45, 7) is 4.00. The van der Waals surface area contributed by atoms with E-state index >= 15 is 0 Å². The summed E-state index contributed by atoms with van der Waals surface area (Å²) >= 11 is 13.4. The molecule has 0 aliphatic carbocycles. The number of hydrogen-bond donors (Lipinski definition) is 1. The molecule has 0 amide bonds. The van der Waals surface area contributed by atoms with Crippen molar-refractivity contribution in [2.24, 2.45) is 0 Å². The topological polar surface area (TPSA) is 46.0 Å². The van der Waals surface area contributed by atoms with Crippen molar-refractivity contribution in [1.29, 1.82) is 0 Å². The maximum absolute atomic E-state index is 10.3. The Balaban J connectivity index is 0.000000956. The van der Waals surface area contributed by atoms with E-state index in [-0.39, 0.29) is 10.3 Å². The zero-order valence-corrected chi connectivity index (χ0v) is 13.8. The molecule has 6 heteroatoms. The first-order valence-electron chi connectivity index (χ1n) is 6.13. The Morgan fingerprint density at radius 3 is 2.00 bits per heavy atom. The van der Waals surface area contributed by atoms with Crippen LogP contribution >= 0.6 is 35.0 Å². The molecule has 0 aliphatic rings. The first-order chi connectivity index (χ1) is 9.63. The number of halogens is 2. The van der Waals surface area contributed by atoms with Gasteiger partial charge in [-0.3, -0.25) is 0 Å². The SMILES string of the molecule is CC.CSc1nc(Cl)c(C(O)c2ccccc2)c(Cl)n1. The molecule has 0 saturated carbocycles. The van der Waals surface area contributed by atoms with E-state index in [1.165, 1.54) is 11.8 Å². The van der Waals surface area contributed by atoms with Crippen LogP contribution in [-0.2, 0) is 0 Å². The van der Waals surface area contributed by atoms with E-state index in [0.29, 0.717) is 16.3 Å². The number of aliphatic hydroxyl groups excluding tert-OH is 1. The van der Waals surface area contributed by atoms with Crippen LogP contribution in [0.25, 0.3) is 0 Å². The second-order valence-electron chi connectivity index (χ2n) is 3.52. The number of benzene rings is 1. The van der Waals surface area contributed by atoms with E-state index in [4.69, 9.17) is 23.2 Å². The number of aliphatic hydroxyl groups is 1. The predicted molar refractivity (Wildman–Crippen MR) is 85.7 cm³/mol. The van der Waals surface area contributed by atoms with Gasteiger partial charge in [-0.15, -0.1) is 0 Å². The quantitative estimate of drug-likeness (QED) is 0.507. The van der Waals surface area contributed by atoms with Crippen molar-refractivity contribution in [3.05, 3.63) is 51.8 Å². The Bertz CT molecular complexity index is 529. The van der Waals surface area contributed by atoms with Crippen molar-refractivity contribution >= 4 is 35.0 Å². The maximum atomic E-state index is 10.3. The molecule has 20 heavy (non-hydrogen) atoms. The molecule has 1 aromatic carbocycles. The monoisotopic (exact) mass is 330 g/mol. The van der Waals surface area contributed by atoms with Crippen molar-refractivity contribution in [1.82, 2.24) is 9.97 Å². The fourth-order valence-electron chi connectivity index (χ4n) is 1.52. The summed E-state index contributed by atoms with van der Waals surface area (Å²) in [5.41, 5.74) is 1.03. The Morgan fingerprint density at radius 1 is 1.05 bits per heavy atom. The predicted octanol–water partition coefficient (Wildman–Crippen LogP) is 4.61. The second kappa shape index (κ2) is 8.47. The van der Waals surface area contributed by atoms with E-state index in [1.807, 2.05) is 38.3 Å². The minimum absolute atomic E-state index is 0.177. The normalized spacial score (nSPS) is 11.5. The number of aromatic nitrogens is 2. The molecule has 0 aliphatic heterocycles. The lowest BCUT2D eigenvalue weighted by atomic mass is 10.0. The van der Waals surface area contributed by atoms with Crippen LogP contribution in [-0.4, -0.2) is 21.3 Å². The van der Waals surface area contributed by atoms with Gasteiger partial charge in [0.05, 0.1) is 5.56 Å². The minimum atomic E-state index is -0.929. The third-order valence-electron chi connectivity index (χ3n) is 2.40. The molecule has 0 bridgehead atoms. The van der Waals surface area contributed by atoms with E-state index < -0.39 is 6.10 Å². The van der Waals surface area contributed by atoms with Gasteiger partial charge in [0.2, 0.25) is 0 Å². The maximum Gasteiger partial charge on any atom is 0.190 e. The van der Waals surface area contributed by atoms with Gasteiger partial charge in [0.1, 0.15) is 16.4 Å².